The van der Waals surface area contributed by atoms with Crippen LogP contribution in [0.1, 0.15) is 24.8 Å². The van der Waals surface area contributed by atoms with E-state index in [1.807, 2.05) is 0 Å². The number of nitrogens with zero attached hydrogens (tertiary/aromatic N) is 2. The first-order valence-electron chi connectivity index (χ1n) is 8.22. The molecule has 124 valence electrons. The minimum atomic E-state index is -0.814. The third-order valence-electron chi connectivity index (χ3n) is 4.67. The summed E-state index contributed by atoms with van der Waals surface area (Å²) < 4.78 is 13.5. The highest BCUT2D eigenvalue weighted by atomic mass is 19.1. The molecule has 2 heterocycles. The molecule has 1 atom stereocenters. The van der Waals surface area contributed by atoms with Crippen molar-refractivity contribution >= 4 is 12.0 Å². The molecule has 4 nitrogen and oxygen atoms in total. The molecule has 1 aromatic carbocycles. The van der Waals surface area contributed by atoms with Gasteiger partial charge in [0.2, 0.25) is 5.91 Å². The SMILES string of the molecule is O=C(/C=C/c1ccccc1F)N1CC[C@](O)(CN2CCCC2)C1. The van der Waals surface area contributed by atoms with Crippen molar-refractivity contribution in [1.29, 1.82) is 0 Å². The Balaban J connectivity index is 1.57. The molecule has 0 aromatic heterocycles. The lowest BCUT2D eigenvalue weighted by molar-refractivity contribution is -0.126. The summed E-state index contributed by atoms with van der Waals surface area (Å²) >= 11 is 0. The molecule has 2 aliphatic rings. The molecule has 2 saturated heterocycles. The van der Waals surface area contributed by atoms with Gasteiger partial charge in [0.05, 0.1) is 12.1 Å². The number of rotatable bonds is 4. The fraction of sp³-hybridized carbons (Fsp3) is 0.500. The van der Waals surface area contributed by atoms with Gasteiger partial charge in [-0.15, -0.1) is 0 Å². The van der Waals surface area contributed by atoms with Crippen LogP contribution in [0.3, 0.4) is 0 Å². The minimum absolute atomic E-state index is 0.175. The van der Waals surface area contributed by atoms with Gasteiger partial charge in [-0.1, -0.05) is 18.2 Å². The average Bonchev–Trinajstić information content (AvgIpc) is 3.16. The smallest absolute Gasteiger partial charge is 0.246 e. The number of carbonyl (C=O) groups is 1. The first-order valence-corrected chi connectivity index (χ1v) is 8.22. The Morgan fingerprint density at radius 1 is 1.26 bits per heavy atom. The van der Waals surface area contributed by atoms with E-state index < -0.39 is 5.60 Å². The lowest BCUT2D eigenvalue weighted by Crippen LogP contribution is -2.44. The van der Waals surface area contributed by atoms with Crippen molar-refractivity contribution in [2.75, 3.05) is 32.7 Å². The van der Waals surface area contributed by atoms with Crippen LogP contribution >= 0.6 is 0 Å². The van der Waals surface area contributed by atoms with Gasteiger partial charge in [0, 0.05) is 24.7 Å². The predicted molar refractivity (Wildman–Crippen MR) is 87.3 cm³/mol. The first-order chi connectivity index (χ1) is 11.1. The van der Waals surface area contributed by atoms with Gasteiger partial charge >= 0.3 is 0 Å². The maximum atomic E-state index is 13.5. The molecule has 0 saturated carbocycles. The van der Waals surface area contributed by atoms with E-state index in [1.165, 1.54) is 31.1 Å². The summed E-state index contributed by atoms with van der Waals surface area (Å²) in [5.41, 5.74) is -0.418. The van der Waals surface area contributed by atoms with Crippen molar-refractivity contribution in [2.24, 2.45) is 0 Å². The number of likely N-dealkylation sites (tertiary alicyclic amines) is 2. The lowest BCUT2D eigenvalue weighted by Gasteiger charge is -2.28. The van der Waals surface area contributed by atoms with Crippen LogP contribution in [0.2, 0.25) is 0 Å². The average molecular weight is 318 g/mol. The lowest BCUT2D eigenvalue weighted by atomic mass is 10.0. The zero-order valence-electron chi connectivity index (χ0n) is 13.2. The van der Waals surface area contributed by atoms with Crippen molar-refractivity contribution in [1.82, 2.24) is 9.80 Å². The molecule has 0 spiro atoms. The van der Waals surface area contributed by atoms with Crippen LogP contribution in [-0.4, -0.2) is 59.1 Å². The molecule has 2 aliphatic heterocycles. The number of aliphatic hydroxyl groups is 1. The Labute approximate surface area is 136 Å². The van der Waals surface area contributed by atoms with Crippen LogP contribution in [0.5, 0.6) is 0 Å². The van der Waals surface area contributed by atoms with E-state index in [4.69, 9.17) is 0 Å². The molecule has 23 heavy (non-hydrogen) atoms. The van der Waals surface area contributed by atoms with E-state index in [0.717, 1.165) is 13.1 Å². The van der Waals surface area contributed by atoms with Gasteiger partial charge in [0.1, 0.15) is 5.82 Å². The van der Waals surface area contributed by atoms with Crippen LogP contribution < -0.4 is 0 Å². The van der Waals surface area contributed by atoms with Gasteiger partial charge in [0.25, 0.3) is 0 Å². The van der Waals surface area contributed by atoms with E-state index in [2.05, 4.69) is 4.90 Å². The summed E-state index contributed by atoms with van der Waals surface area (Å²) in [6.07, 6.45) is 5.85. The molecular weight excluding hydrogens is 295 g/mol. The predicted octanol–water partition coefficient (Wildman–Crippen LogP) is 1.90. The highest BCUT2D eigenvalue weighted by Gasteiger charge is 2.39. The molecule has 5 heteroatoms. The topological polar surface area (TPSA) is 43.8 Å². The molecule has 3 rings (SSSR count). The van der Waals surface area contributed by atoms with Gasteiger partial charge in [0.15, 0.2) is 0 Å². The zero-order valence-corrected chi connectivity index (χ0v) is 13.2. The largest absolute Gasteiger partial charge is 0.387 e. The van der Waals surface area contributed by atoms with Crippen molar-refractivity contribution in [3.05, 3.63) is 41.7 Å². The summed E-state index contributed by atoms with van der Waals surface area (Å²) in [5.74, 6) is -0.519. The minimum Gasteiger partial charge on any atom is -0.387 e. The van der Waals surface area contributed by atoms with E-state index in [0.29, 0.717) is 31.6 Å². The van der Waals surface area contributed by atoms with Gasteiger partial charge in [-0.25, -0.2) is 4.39 Å². The number of amides is 1. The number of halogens is 1. The molecule has 1 amide bonds. The van der Waals surface area contributed by atoms with Crippen molar-refractivity contribution in [2.45, 2.75) is 24.9 Å². The quantitative estimate of drug-likeness (QED) is 0.862. The second-order valence-corrected chi connectivity index (χ2v) is 6.57. The summed E-state index contributed by atoms with van der Waals surface area (Å²) in [6, 6.07) is 6.35. The fourth-order valence-electron chi connectivity index (χ4n) is 3.41. The van der Waals surface area contributed by atoms with E-state index in [-0.39, 0.29) is 11.7 Å². The van der Waals surface area contributed by atoms with Crippen LogP contribution in [0.4, 0.5) is 4.39 Å². The Hall–Kier alpha value is -1.72. The number of β-amino-alcohol motifs (C(OH)–C–C–N with tert-alkyl or cyclic N) is 1. The monoisotopic (exact) mass is 318 g/mol. The number of carbonyl (C=O) groups excluding carboxylic acids is 1. The Morgan fingerprint density at radius 3 is 2.74 bits per heavy atom. The number of hydrogen-bond acceptors (Lipinski definition) is 3. The van der Waals surface area contributed by atoms with Gasteiger partial charge in [-0.2, -0.15) is 0 Å². The van der Waals surface area contributed by atoms with Crippen molar-refractivity contribution in [3.8, 4) is 0 Å². The Bertz CT molecular complexity index is 598. The highest BCUT2D eigenvalue weighted by molar-refractivity contribution is 5.92. The second kappa shape index (κ2) is 6.81. The molecule has 2 fully saturated rings. The van der Waals surface area contributed by atoms with Crippen molar-refractivity contribution < 1.29 is 14.3 Å². The normalized spacial score (nSPS) is 25.6. The molecule has 0 unspecified atom stereocenters. The first kappa shape index (κ1) is 16.1. The zero-order chi connectivity index (χ0) is 16.3. The molecule has 0 aliphatic carbocycles. The third kappa shape index (κ3) is 3.98. The molecule has 0 bridgehead atoms. The summed E-state index contributed by atoms with van der Waals surface area (Å²) in [4.78, 5) is 16.2. The molecule has 0 radical (unpaired) electrons. The standard InChI is InChI=1S/C18H23FN2O2/c19-16-6-2-1-5-15(16)7-8-17(22)21-12-9-18(23,14-21)13-20-10-3-4-11-20/h1-2,5-8,23H,3-4,9-14H2/b8-7+/t18-/m0/s1. The number of hydrogen-bond donors (Lipinski definition) is 1. The summed E-state index contributed by atoms with van der Waals surface area (Å²) in [6.45, 7) is 3.59. The summed E-state index contributed by atoms with van der Waals surface area (Å²) in [7, 11) is 0. The maximum absolute atomic E-state index is 13.5. The summed E-state index contributed by atoms with van der Waals surface area (Å²) in [5, 5.41) is 10.7. The number of benzene rings is 1. The van der Waals surface area contributed by atoms with Crippen LogP contribution in [0, 0.1) is 5.82 Å². The second-order valence-electron chi connectivity index (χ2n) is 6.57. The van der Waals surface area contributed by atoms with E-state index in [1.54, 1.807) is 23.1 Å². The Morgan fingerprint density at radius 2 is 2.00 bits per heavy atom. The van der Waals surface area contributed by atoms with E-state index >= 15 is 0 Å². The third-order valence-corrected chi connectivity index (χ3v) is 4.67. The molecule has 1 aromatic rings. The van der Waals surface area contributed by atoms with Crippen LogP contribution in [0.25, 0.3) is 6.08 Å². The van der Waals surface area contributed by atoms with Crippen molar-refractivity contribution in [3.63, 3.8) is 0 Å². The molecule has 1 N–H and O–H groups in total. The Kier molecular flexibility index (Phi) is 4.78. The molecular formula is C18H23FN2O2. The van der Waals surface area contributed by atoms with Gasteiger partial charge in [-0.05, 0) is 44.5 Å². The van der Waals surface area contributed by atoms with Gasteiger partial charge < -0.3 is 14.9 Å². The van der Waals surface area contributed by atoms with Crippen LogP contribution in [-0.2, 0) is 4.79 Å². The van der Waals surface area contributed by atoms with Gasteiger partial charge in [-0.3, -0.25) is 4.79 Å². The highest BCUT2D eigenvalue weighted by Crippen LogP contribution is 2.24. The fourth-order valence-corrected chi connectivity index (χ4v) is 3.41. The van der Waals surface area contributed by atoms with E-state index in [9.17, 15) is 14.3 Å². The maximum Gasteiger partial charge on any atom is 0.246 e. The van der Waals surface area contributed by atoms with Crippen LogP contribution in [0.15, 0.2) is 30.3 Å².